The zero-order chi connectivity index (χ0) is 14.8. The van der Waals surface area contributed by atoms with Gasteiger partial charge in [-0.1, -0.05) is 0 Å². The summed E-state index contributed by atoms with van der Waals surface area (Å²) in [6, 6.07) is 9.36. The molecule has 21 heavy (non-hydrogen) atoms. The molecule has 0 aliphatic heterocycles. The van der Waals surface area contributed by atoms with Crippen molar-refractivity contribution in [1.29, 1.82) is 0 Å². The molecule has 2 N–H and O–H groups in total. The van der Waals surface area contributed by atoms with Gasteiger partial charge in [0.1, 0.15) is 23.7 Å². The number of aromatic carboxylic acids is 1. The molecule has 0 atom stereocenters. The Labute approximate surface area is 119 Å². The summed E-state index contributed by atoms with van der Waals surface area (Å²) in [5.41, 5.74) is 0.357. The predicted octanol–water partition coefficient (Wildman–Crippen LogP) is 1.71. The minimum absolute atomic E-state index is 0.0842. The maximum atomic E-state index is 11.1. The summed E-state index contributed by atoms with van der Waals surface area (Å²) >= 11 is 0. The first-order valence-electron chi connectivity index (χ1n) is 6.13. The van der Waals surface area contributed by atoms with Gasteiger partial charge in [0.2, 0.25) is 0 Å². The van der Waals surface area contributed by atoms with E-state index in [1.54, 1.807) is 28.8 Å². The van der Waals surface area contributed by atoms with Crippen molar-refractivity contribution in [2.24, 2.45) is 0 Å². The maximum Gasteiger partial charge on any atom is 0.339 e. The molecule has 3 rings (SSSR count). The van der Waals surface area contributed by atoms with Crippen LogP contribution >= 0.6 is 0 Å². The van der Waals surface area contributed by atoms with Gasteiger partial charge in [0.05, 0.1) is 0 Å². The summed E-state index contributed by atoms with van der Waals surface area (Å²) < 4.78 is 7.11. The first-order valence-corrected chi connectivity index (χ1v) is 6.13. The summed E-state index contributed by atoms with van der Waals surface area (Å²) in [6.07, 6.45) is 1.68. The standard InChI is InChI=1S/C14H11N3O4/c18-9-3-5-10(6-4-9)21-8-12-15-16-13-11(14(19)20)2-1-7-17(12)13/h1-7,18H,8H2,(H,19,20). The molecule has 0 unspecified atom stereocenters. The fourth-order valence-corrected chi connectivity index (χ4v) is 1.92. The van der Waals surface area contributed by atoms with Gasteiger partial charge in [0.15, 0.2) is 11.5 Å². The number of ether oxygens (including phenoxy) is 1. The van der Waals surface area contributed by atoms with Crippen LogP contribution in [0.2, 0.25) is 0 Å². The van der Waals surface area contributed by atoms with Crippen LogP contribution in [0, 0.1) is 0 Å². The Morgan fingerprint density at radius 1 is 1.19 bits per heavy atom. The average Bonchev–Trinajstić information content (AvgIpc) is 2.89. The van der Waals surface area contributed by atoms with E-state index in [0.717, 1.165) is 0 Å². The van der Waals surface area contributed by atoms with Gasteiger partial charge >= 0.3 is 5.97 Å². The van der Waals surface area contributed by atoms with E-state index in [4.69, 9.17) is 9.84 Å². The van der Waals surface area contributed by atoms with Crippen molar-refractivity contribution in [3.05, 3.63) is 54.0 Å². The molecule has 0 bridgehead atoms. The number of aromatic hydroxyl groups is 1. The molecule has 0 spiro atoms. The van der Waals surface area contributed by atoms with Gasteiger partial charge in [-0.15, -0.1) is 10.2 Å². The Morgan fingerprint density at radius 2 is 1.95 bits per heavy atom. The molecule has 0 aliphatic carbocycles. The highest BCUT2D eigenvalue weighted by Crippen LogP contribution is 2.17. The Morgan fingerprint density at radius 3 is 2.67 bits per heavy atom. The quantitative estimate of drug-likeness (QED) is 0.757. The van der Waals surface area contributed by atoms with E-state index in [1.807, 2.05) is 0 Å². The van der Waals surface area contributed by atoms with Crippen LogP contribution in [0.5, 0.6) is 11.5 Å². The molecule has 3 aromatic rings. The first-order chi connectivity index (χ1) is 10.1. The van der Waals surface area contributed by atoms with Gasteiger partial charge < -0.3 is 14.9 Å². The summed E-state index contributed by atoms with van der Waals surface area (Å²) in [5.74, 6) is 0.153. The van der Waals surface area contributed by atoms with Crippen molar-refractivity contribution in [3.8, 4) is 11.5 Å². The highest BCUT2D eigenvalue weighted by molar-refractivity contribution is 5.94. The normalized spacial score (nSPS) is 10.7. The van der Waals surface area contributed by atoms with E-state index in [2.05, 4.69) is 10.2 Å². The lowest BCUT2D eigenvalue weighted by Crippen LogP contribution is -2.04. The minimum atomic E-state index is -1.06. The number of carbonyl (C=O) groups is 1. The number of phenolic OH excluding ortho intramolecular Hbond substituents is 1. The Kier molecular flexibility index (Phi) is 3.15. The monoisotopic (exact) mass is 285 g/mol. The molecule has 0 aliphatic rings. The van der Waals surface area contributed by atoms with Crippen molar-refractivity contribution in [3.63, 3.8) is 0 Å². The van der Waals surface area contributed by atoms with Crippen LogP contribution in [0.15, 0.2) is 42.6 Å². The van der Waals surface area contributed by atoms with E-state index in [-0.39, 0.29) is 23.6 Å². The second-order valence-corrected chi connectivity index (χ2v) is 4.32. The number of carboxylic acid groups (broad SMARTS) is 1. The molecule has 0 saturated carbocycles. The van der Waals surface area contributed by atoms with Crippen LogP contribution < -0.4 is 4.74 Å². The maximum absolute atomic E-state index is 11.1. The van der Waals surface area contributed by atoms with Crippen molar-refractivity contribution in [2.75, 3.05) is 0 Å². The van der Waals surface area contributed by atoms with Gasteiger partial charge in [-0.25, -0.2) is 4.79 Å². The highest BCUT2D eigenvalue weighted by Gasteiger charge is 2.14. The lowest BCUT2D eigenvalue weighted by Gasteiger charge is -2.05. The number of nitrogens with zero attached hydrogens (tertiary/aromatic N) is 3. The lowest BCUT2D eigenvalue weighted by atomic mass is 10.3. The summed E-state index contributed by atoms with van der Waals surface area (Å²) in [4.78, 5) is 11.1. The lowest BCUT2D eigenvalue weighted by molar-refractivity contribution is 0.0698. The van der Waals surface area contributed by atoms with E-state index < -0.39 is 5.97 Å². The Hall–Kier alpha value is -3.09. The number of carboxylic acids is 1. The number of benzene rings is 1. The van der Waals surface area contributed by atoms with Gasteiger partial charge in [0.25, 0.3) is 0 Å². The SMILES string of the molecule is O=C(O)c1cccn2c(COc3ccc(O)cc3)nnc12. The van der Waals surface area contributed by atoms with Crippen molar-refractivity contribution in [1.82, 2.24) is 14.6 Å². The zero-order valence-electron chi connectivity index (χ0n) is 10.8. The number of hydrogen-bond donors (Lipinski definition) is 2. The Balaban J connectivity index is 1.86. The molecule has 2 aromatic heterocycles. The molecule has 2 heterocycles. The van der Waals surface area contributed by atoms with Crippen molar-refractivity contribution in [2.45, 2.75) is 6.61 Å². The molecular weight excluding hydrogens is 274 g/mol. The van der Waals surface area contributed by atoms with Gasteiger partial charge in [-0.05, 0) is 36.4 Å². The third-order valence-electron chi connectivity index (χ3n) is 2.94. The van der Waals surface area contributed by atoms with Gasteiger partial charge in [0, 0.05) is 6.20 Å². The topological polar surface area (TPSA) is 97.0 Å². The van der Waals surface area contributed by atoms with E-state index in [0.29, 0.717) is 11.6 Å². The van der Waals surface area contributed by atoms with Crippen LogP contribution in [-0.4, -0.2) is 30.8 Å². The second-order valence-electron chi connectivity index (χ2n) is 4.32. The molecule has 0 fully saturated rings. The third kappa shape index (κ3) is 2.48. The molecule has 1 aromatic carbocycles. The van der Waals surface area contributed by atoms with Crippen LogP contribution in [0.1, 0.15) is 16.2 Å². The molecule has 106 valence electrons. The van der Waals surface area contributed by atoms with Crippen LogP contribution in [0.4, 0.5) is 0 Å². The van der Waals surface area contributed by atoms with Crippen LogP contribution in [-0.2, 0) is 6.61 Å². The predicted molar refractivity (Wildman–Crippen MR) is 72.4 cm³/mol. The van der Waals surface area contributed by atoms with Gasteiger partial charge in [-0.2, -0.15) is 0 Å². The minimum Gasteiger partial charge on any atom is -0.508 e. The molecule has 0 saturated heterocycles. The van der Waals surface area contributed by atoms with Crippen molar-refractivity contribution < 1.29 is 19.7 Å². The van der Waals surface area contributed by atoms with E-state index in [9.17, 15) is 9.90 Å². The molecule has 0 radical (unpaired) electrons. The zero-order valence-corrected chi connectivity index (χ0v) is 10.8. The van der Waals surface area contributed by atoms with Gasteiger partial charge in [-0.3, -0.25) is 4.40 Å². The Bertz CT molecular complexity index is 796. The summed E-state index contributed by atoms with van der Waals surface area (Å²) in [7, 11) is 0. The third-order valence-corrected chi connectivity index (χ3v) is 2.94. The number of pyridine rings is 1. The number of hydrogen-bond acceptors (Lipinski definition) is 5. The smallest absolute Gasteiger partial charge is 0.339 e. The molecule has 0 amide bonds. The van der Waals surface area contributed by atoms with Crippen LogP contribution in [0.25, 0.3) is 5.65 Å². The van der Waals surface area contributed by atoms with Crippen LogP contribution in [0.3, 0.4) is 0 Å². The van der Waals surface area contributed by atoms with E-state index >= 15 is 0 Å². The van der Waals surface area contributed by atoms with E-state index in [1.165, 1.54) is 18.2 Å². The number of rotatable bonds is 4. The fourth-order valence-electron chi connectivity index (χ4n) is 1.92. The average molecular weight is 285 g/mol. The molecule has 7 heteroatoms. The number of phenols is 1. The fraction of sp³-hybridized carbons (Fsp3) is 0.0714. The highest BCUT2D eigenvalue weighted by atomic mass is 16.5. The molecule has 7 nitrogen and oxygen atoms in total. The largest absolute Gasteiger partial charge is 0.508 e. The number of fused-ring (bicyclic) bond motifs is 1. The second kappa shape index (κ2) is 5.12. The first kappa shape index (κ1) is 12.9. The van der Waals surface area contributed by atoms with Crippen molar-refractivity contribution >= 4 is 11.6 Å². The number of aromatic nitrogens is 3. The summed E-state index contributed by atoms with van der Waals surface area (Å²) in [6.45, 7) is 0.134. The summed E-state index contributed by atoms with van der Waals surface area (Å²) in [5, 5.41) is 26.1. The molecular formula is C14H11N3O4.